The third kappa shape index (κ3) is 3.98. The lowest BCUT2D eigenvalue weighted by atomic mass is 10.1. The molecule has 1 fully saturated rings. The Balaban J connectivity index is 1.83. The van der Waals surface area contributed by atoms with Gasteiger partial charge < -0.3 is 15.2 Å². The number of carboxylic acid groups (broad SMARTS) is 1. The van der Waals surface area contributed by atoms with E-state index in [2.05, 4.69) is 5.32 Å². The van der Waals surface area contributed by atoms with Crippen molar-refractivity contribution in [3.05, 3.63) is 29.3 Å². The van der Waals surface area contributed by atoms with Crippen molar-refractivity contribution in [1.82, 2.24) is 5.32 Å². The number of benzene rings is 1. The van der Waals surface area contributed by atoms with Crippen molar-refractivity contribution < 1.29 is 19.4 Å². The van der Waals surface area contributed by atoms with Crippen molar-refractivity contribution in [3.63, 3.8) is 0 Å². The highest BCUT2D eigenvalue weighted by Gasteiger charge is 2.21. The van der Waals surface area contributed by atoms with E-state index in [0.29, 0.717) is 17.2 Å². The van der Waals surface area contributed by atoms with Crippen molar-refractivity contribution in [2.45, 2.75) is 19.8 Å². The van der Waals surface area contributed by atoms with E-state index in [1.165, 1.54) is 18.9 Å². The van der Waals surface area contributed by atoms with Crippen LogP contribution in [0.25, 0.3) is 0 Å². The summed E-state index contributed by atoms with van der Waals surface area (Å²) in [5.41, 5.74) is 0.855. The quantitative estimate of drug-likeness (QED) is 0.817. The van der Waals surface area contributed by atoms with Crippen molar-refractivity contribution in [2.75, 3.05) is 13.2 Å². The number of hydrogen-bond acceptors (Lipinski definition) is 3. The number of carboxylic acids is 1. The smallest absolute Gasteiger partial charge is 0.335 e. The fourth-order valence-electron chi connectivity index (χ4n) is 1.75. The van der Waals surface area contributed by atoms with Crippen molar-refractivity contribution in [1.29, 1.82) is 0 Å². The number of amides is 1. The van der Waals surface area contributed by atoms with Crippen LogP contribution in [0.5, 0.6) is 5.75 Å². The van der Waals surface area contributed by atoms with E-state index in [0.717, 1.165) is 6.54 Å². The van der Waals surface area contributed by atoms with Gasteiger partial charge in [-0.25, -0.2) is 4.79 Å². The molecule has 1 amide bonds. The predicted octanol–water partition coefficient (Wildman–Crippen LogP) is 1.60. The summed E-state index contributed by atoms with van der Waals surface area (Å²) in [7, 11) is 0. The van der Waals surface area contributed by atoms with Gasteiger partial charge in [0.25, 0.3) is 5.91 Å². The van der Waals surface area contributed by atoms with Crippen molar-refractivity contribution in [3.8, 4) is 5.75 Å². The Hall–Kier alpha value is -2.04. The summed E-state index contributed by atoms with van der Waals surface area (Å²) in [5, 5.41) is 11.7. The monoisotopic (exact) mass is 263 g/mol. The molecule has 2 N–H and O–H groups in total. The van der Waals surface area contributed by atoms with E-state index in [9.17, 15) is 9.59 Å². The molecule has 0 unspecified atom stereocenters. The van der Waals surface area contributed by atoms with Crippen molar-refractivity contribution in [2.24, 2.45) is 5.92 Å². The van der Waals surface area contributed by atoms with E-state index < -0.39 is 5.97 Å². The maximum absolute atomic E-state index is 11.5. The third-order valence-corrected chi connectivity index (χ3v) is 3.08. The SMILES string of the molecule is Cc1cc(OCC(=O)NCC2CC2)ccc1C(=O)O. The second kappa shape index (κ2) is 5.73. The first-order valence-corrected chi connectivity index (χ1v) is 6.29. The summed E-state index contributed by atoms with van der Waals surface area (Å²) in [6, 6.07) is 4.66. The Morgan fingerprint density at radius 3 is 2.74 bits per heavy atom. The zero-order valence-electron chi connectivity index (χ0n) is 10.8. The molecule has 1 aliphatic carbocycles. The molecule has 1 aromatic carbocycles. The summed E-state index contributed by atoms with van der Waals surface area (Å²) in [5.74, 6) is 0.0307. The highest BCUT2D eigenvalue weighted by atomic mass is 16.5. The fraction of sp³-hybridized carbons (Fsp3) is 0.429. The molecule has 1 aromatic rings. The van der Waals surface area contributed by atoms with Crippen LogP contribution >= 0.6 is 0 Å². The Labute approximate surface area is 111 Å². The molecular weight excluding hydrogens is 246 g/mol. The third-order valence-electron chi connectivity index (χ3n) is 3.08. The van der Waals surface area contributed by atoms with Gasteiger partial charge in [0.15, 0.2) is 6.61 Å². The minimum Gasteiger partial charge on any atom is -0.484 e. The minimum atomic E-state index is -0.966. The number of carbonyl (C=O) groups is 2. The molecule has 0 heterocycles. The van der Waals surface area contributed by atoms with Gasteiger partial charge in [-0.05, 0) is 49.4 Å². The van der Waals surface area contributed by atoms with E-state index >= 15 is 0 Å². The lowest BCUT2D eigenvalue weighted by Gasteiger charge is -2.08. The molecular formula is C14H17NO4. The van der Waals surface area contributed by atoms with Gasteiger partial charge in [0.1, 0.15) is 5.75 Å². The van der Waals surface area contributed by atoms with Gasteiger partial charge in [0, 0.05) is 6.54 Å². The first-order valence-electron chi connectivity index (χ1n) is 6.29. The molecule has 5 heteroatoms. The molecule has 2 rings (SSSR count). The van der Waals surface area contributed by atoms with Crippen LogP contribution in [-0.4, -0.2) is 30.1 Å². The maximum atomic E-state index is 11.5. The number of rotatable bonds is 6. The van der Waals surface area contributed by atoms with Crippen LogP contribution in [0.1, 0.15) is 28.8 Å². The number of carbonyl (C=O) groups excluding carboxylic acids is 1. The molecule has 5 nitrogen and oxygen atoms in total. The topological polar surface area (TPSA) is 75.6 Å². The highest BCUT2D eigenvalue weighted by Crippen LogP contribution is 2.27. The Kier molecular flexibility index (Phi) is 4.04. The number of nitrogens with one attached hydrogen (secondary N) is 1. The van der Waals surface area contributed by atoms with E-state index in [-0.39, 0.29) is 18.1 Å². The zero-order chi connectivity index (χ0) is 13.8. The highest BCUT2D eigenvalue weighted by molar-refractivity contribution is 5.89. The Morgan fingerprint density at radius 2 is 2.16 bits per heavy atom. The first kappa shape index (κ1) is 13.4. The van der Waals surface area contributed by atoms with Gasteiger partial charge in [-0.15, -0.1) is 0 Å². The van der Waals surface area contributed by atoms with Gasteiger partial charge in [0.05, 0.1) is 5.56 Å². The Bertz CT molecular complexity index is 494. The normalized spacial score (nSPS) is 13.9. The van der Waals surface area contributed by atoms with Crippen LogP contribution in [0.2, 0.25) is 0 Å². The van der Waals surface area contributed by atoms with Gasteiger partial charge in [-0.1, -0.05) is 0 Å². The largest absolute Gasteiger partial charge is 0.484 e. The summed E-state index contributed by atoms with van der Waals surface area (Å²) in [4.78, 5) is 22.3. The van der Waals surface area contributed by atoms with Gasteiger partial charge in [-0.2, -0.15) is 0 Å². The molecule has 1 aliphatic rings. The fourth-order valence-corrected chi connectivity index (χ4v) is 1.75. The average Bonchev–Trinajstić information content (AvgIpc) is 3.17. The molecule has 19 heavy (non-hydrogen) atoms. The number of aryl methyl sites for hydroxylation is 1. The Morgan fingerprint density at radius 1 is 1.42 bits per heavy atom. The molecule has 0 bridgehead atoms. The summed E-state index contributed by atoms with van der Waals surface area (Å²) in [6.07, 6.45) is 2.38. The minimum absolute atomic E-state index is 0.0431. The standard InChI is InChI=1S/C14H17NO4/c1-9-6-11(4-5-12(9)14(17)18)19-8-13(16)15-7-10-2-3-10/h4-6,10H,2-3,7-8H2,1H3,(H,15,16)(H,17,18). The van der Waals surface area contributed by atoms with Crippen LogP contribution in [0.3, 0.4) is 0 Å². The molecule has 0 aliphatic heterocycles. The van der Waals surface area contributed by atoms with E-state index in [1.54, 1.807) is 19.1 Å². The number of hydrogen-bond donors (Lipinski definition) is 2. The van der Waals surface area contributed by atoms with Crippen LogP contribution in [0.15, 0.2) is 18.2 Å². The lowest BCUT2D eigenvalue weighted by Crippen LogP contribution is -2.30. The van der Waals surface area contributed by atoms with Crippen LogP contribution in [0, 0.1) is 12.8 Å². The second-order valence-corrected chi connectivity index (χ2v) is 4.82. The molecule has 0 radical (unpaired) electrons. The van der Waals surface area contributed by atoms with Crippen molar-refractivity contribution >= 4 is 11.9 Å². The number of ether oxygens (including phenoxy) is 1. The first-order chi connectivity index (χ1) is 9.06. The molecule has 0 spiro atoms. The van der Waals surface area contributed by atoms with Crippen LogP contribution < -0.4 is 10.1 Å². The van der Waals surface area contributed by atoms with Gasteiger partial charge in [-0.3, -0.25) is 4.79 Å². The molecule has 0 atom stereocenters. The van der Waals surface area contributed by atoms with Crippen LogP contribution in [0.4, 0.5) is 0 Å². The average molecular weight is 263 g/mol. The van der Waals surface area contributed by atoms with E-state index in [4.69, 9.17) is 9.84 Å². The molecule has 102 valence electrons. The maximum Gasteiger partial charge on any atom is 0.335 e. The molecule has 0 saturated heterocycles. The van der Waals surface area contributed by atoms with Gasteiger partial charge in [0.2, 0.25) is 0 Å². The van der Waals surface area contributed by atoms with Crippen LogP contribution in [-0.2, 0) is 4.79 Å². The van der Waals surface area contributed by atoms with E-state index in [1.807, 2.05) is 0 Å². The summed E-state index contributed by atoms with van der Waals surface area (Å²) < 4.78 is 5.33. The summed E-state index contributed by atoms with van der Waals surface area (Å²) in [6.45, 7) is 2.38. The second-order valence-electron chi connectivity index (χ2n) is 4.82. The predicted molar refractivity (Wildman–Crippen MR) is 69.4 cm³/mol. The lowest BCUT2D eigenvalue weighted by molar-refractivity contribution is -0.123. The molecule has 1 saturated carbocycles. The van der Waals surface area contributed by atoms with Gasteiger partial charge >= 0.3 is 5.97 Å². The zero-order valence-corrected chi connectivity index (χ0v) is 10.8. The summed E-state index contributed by atoms with van der Waals surface area (Å²) >= 11 is 0. The number of aromatic carboxylic acids is 1. The molecule has 0 aromatic heterocycles.